The van der Waals surface area contributed by atoms with Gasteiger partial charge in [-0.1, -0.05) is 26.7 Å². The zero-order valence-electron chi connectivity index (χ0n) is 18.7. The van der Waals surface area contributed by atoms with Gasteiger partial charge in [0, 0.05) is 18.3 Å². The SMILES string of the molecule is CCCC[C@@H]1CN(c2ccc(F)cc2)c2cc(SCC)c(O/C=C/C(=O)O)cc2S(=O)(=O)C1. The molecular weight excluding hydrogens is 465 g/mol. The molecule has 1 heterocycles. The molecule has 0 amide bonds. The first-order chi connectivity index (χ1) is 15.7. The summed E-state index contributed by atoms with van der Waals surface area (Å²) in [6.07, 6.45) is 4.54. The van der Waals surface area contributed by atoms with Crippen LogP contribution in [0.5, 0.6) is 5.75 Å². The normalized spacial score (nSPS) is 17.5. The number of ether oxygens (including phenoxy) is 1. The second-order valence-corrected chi connectivity index (χ2v) is 11.1. The Morgan fingerprint density at radius 1 is 1.27 bits per heavy atom. The zero-order valence-corrected chi connectivity index (χ0v) is 20.3. The standard InChI is InChI=1S/C24H28FNO5S2/c1-3-5-6-17-15-26(19-9-7-18(25)8-10-19)20-13-22(32-4-2)21(31-12-11-24(27)28)14-23(20)33(29,30)16-17/h7-14,17H,3-6,15-16H2,1-2H3,(H,27,28)/b12-11+/t17-/m1/s1. The minimum atomic E-state index is -3.65. The van der Waals surface area contributed by atoms with E-state index in [1.54, 1.807) is 18.2 Å². The van der Waals surface area contributed by atoms with Crippen LogP contribution in [0, 0.1) is 11.7 Å². The highest BCUT2D eigenvalue weighted by atomic mass is 32.2. The third-order valence-corrected chi connectivity index (χ3v) is 8.18. The van der Waals surface area contributed by atoms with Crippen LogP contribution in [0.4, 0.5) is 15.8 Å². The fourth-order valence-corrected chi connectivity index (χ4v) is 6.46. The smallest absolute Gasteiger partial charge is 0.331 e. The van der Waals surface area contributed by atoms with Crippen molar-refractivity contribution in [3.05, 3.63) is 54.6 Å². The van der Waals surface area contributed by atoms with Crippen LogP contribution in [0.1, 0.15) is 33.1 Å². The van der Waals surface area contributed by atoms with E-state index in [9.17, 15) is 17.6 Å². The number of fused-ring (bicyclic) bond motifs is 1. The lowest BCUT2D eigenvalue weighted by Gasteiger charge is -2.28. The Labute approximate surface area is 198 Å². The number of hydrogen-bond acceptors (Lipinski definition) is 6. The summed E-state index contributed by atoms with van der Waals surface area (Å²) in [5, 5.41) is 8.86. The van der Waals surface area contributed by atoms with E-state index in [0.717, 1.165) is 31.6 Å². The van der Waals surface area contributed by atoms with Crippen LogP contribution in [0.25, 0.3) is 0 Å². The number of rotatable bonds is 9. The van der Waals surface area contributed by atoms with Gasteiger partial charge >= 0.3 is 5.97 Å². The number of nitrogens with zero attached hydrogens (tertiary/aromatic N) is 1. The summed E-state index contributed by atoms with van der Waals surface area (Å²) in [6.45, 7) is 4.52. The molecule has 9 heteroatoms. The molecule has 1 aliphatic rings. The van der Waals surface area contributed by atoms with E-state index in [1.165, 1.54) is 30.0 Å². The predicted molar refractivity (Wildman–Crippen MR) is 129 cm³/mol. The average molecular weight is 494 g/mol. The number of carboxylic acid groups (broad SMARTS) is 1. The van der Waals surface area contributed by atoms with Crippen molar-refractivity contribution in [2.45, 2.75) is 42.9 Å². The largest absolute Gasteiger partial charge is 0.478 e. The van der Waals surface area contributed by atoms with Crippen LogP contribution in [0.2, 0.25) is 0 Å². The number of unbranched alkanes of at least 4 members (excludes halogenated alkanes) is 1. The number of anilines is 2. The van der Waals surface area contributed by atoms with Gasteiger partial charge < -0.3 is 14.7 Å². The van der Waals surface area contributed by atoms with E-state index in [2.05, 4.69) is 6.92 Å². The summed E-state index contributed by atoms with van der Waals surface area (Å²) in [4.78, 5) is 13.6. The molecule has 0 saturated carbocycles. The highest BCUT2D eigenvalue weighted by molar-refractivity contribution is 7.99. The number of thioether (sulfide) groups is 1. The number of carbonyl (C=O) groups is 1. The molecule has 2 aromatic carbocycles. The number of hydrogen-bond donors (Lipinski definition) is 1. The topological polar surface area (TPSA) is 83.9 Å². The van der Waals surface area contributed by atoms with Crippen molar-refractivity contribution in [3.8, 4) is 5.75 Å². The van der Waals surface area contributed by atoms with E-state index in [4.69, 9.17) is 9.84 Å². The van der Waals surface area contributed by atoms with E-state index in [1.807, 2.05) is 11.8 Å². The lowest BCUT2D eigenvalue weighted by Crippen LogP contribution is -2.26. The number of aliphatic carboxylic acids is 1. The van der Waals surface area contributed by atoms with Gasteiger partial charge in [0.2, 0.25) is 0 Å². The molecular formula is C24H28FNO5S2. The van der Waals surface area contributed by atoms with Crippen molar-refractivity contribution in [3.63, 3.8) is 0 Å². The fourth-order valence-electron chi connectivity index (χ4n) is 3.86. The summed E-state index contributed by atoms with van der Waals surface area (Å²) in [5.41, 5.74) is 1.23. The Kier molecular flexibility index (Phi) is 8.42. The first-order valence-electron chi connectivity index (χ1n) is 10.9. The molecule has 33 heavy (non-hydrogen) atoms. The van der Waals surface area contributed by atoms with Crippen LogP contribution >= 0.6 is 11.8 Å². The third kappa shape index (κ3) is 6.29. The maximum absolute atomic E-state index is 13.6. The van der Waals surface area contributed by atoms with Crippen molar-refractivity contribution in [1.29, 1.82) is 0 Å². The Hall–Kier alpha value is -2.52. The summed E-state index contributed by atoms with van der Waals surface area (Å²) < 4.78 is 46.0. The second-order valence-electron chi connectivity index (χ2n) is 7.84. The monoisotopic (exact) mass is 493 g/mol. The molecule has 0 spiro atoms. The maximum Gasteiger partial charge on any atom is 0.331 e. The van der Waals surface area contributed by atoms with Crippen molar-refractivity contribution in [2.24, 2.45) is 5.92 Å². The Bertz CT molecular complexity index is 1120. The van der Waals surface area contributed by atoms with Crippen molar-refractivity contribution in [2.75, 3.05) is 23.0 Å². The molecule has 0 radical (unpaired) electrons. The highest BCUT2D eigenvalue weighted by Crippen LogP contribution is 2.43. The molecule has 0 bridgehead atoms. The highest BCUT2D eigenvalue weighted by Gasteiger charge is 2.33. The van der Waals surface area contributed by atoms with E-state index >= 15 is 0 Å². The van der Waals surface area contributed by atoms with Crippen LogP contribution in [0.15, 0.2) is 58.5 Å². The van der Waals surface area contributed by atoms with Crippen LogP contribution in [0.3, 0.4) is 0 Å². The molecule has 0 unspecified atom stereocenters. The van der Waals surface area contributed by atoms with Gasteiger partial charge in [-0.3, -0.25) is 0 Å². The van der Waals surface area contributed by atoms with Crippen LogP contribution in [-0.2, 0) is 14.6 Å². The van der Waals surface area contributed by atoms with Gasteiger partial charge in [0.15, 0.2) is 9.84 Å². The molecule has 1 aliphatic heterocycles. The molecule has 3 rings (SSSR count). The lowest BCUT2D eigenvalue weighted by atomic mass is 10.0. The third-order valence-electron chi connectivity index (χ3n) is 5.36. The zero-order chi connectivity index (χ0) is 24.0. The van der Waals surface area contributed by atoms with Gasteiger partial charge in [0.05, 0.1) is 33.6 Å². The molecule has 0 aromatic heterocycles. The molecule has 0 saturated heterocycles. The fraction of sp³-hybridized carbons (Fsp3) is 0.375. The maximum atomic E-state index is 13.6. The van der Waals surface area contributed by atoms with Crippen LogP contribution in [-0.4, -0.2) is 37.5 Å². The molecule has 0 aliphatic carbocycles. The second kappa shape index (κ2) is 11.1. The van der Waals surface area contributed by atoms with Gasteiger partial charge in [0.25, 0.3) is 0 Å². The predicted octanol–water partition coefficient (Wildman–Crippen LogP) is 5.65. The summed E-state index contributed by atoms with van der Waals surface area (Å²) in [6, 6.07) is 9.29. The minimum Gasteiger partial charge on any atom is -0.478 e. The number of carboxylic acids is 1. The van der Waals surface area contributed by atoms with Crippen molar-refractivity contribution >= 4 is 38.9 Å². The number of benzene rings is 2. The average Bonchev–Trinajstić information content (AvgIpc) is 2.86. The Morgan fingerprint density at radius 3 is 2.64 bits per heavy atom. The number of halogens is 1. The van der Waals surface area contributed by atoms with Gasteiger partial charge in [-0.25, -0.2) is 17.6 Å². The Morgan fingerprint density at radius 2 is 2.00 bits per heavy atom. The van der Waals surface area contributed by atoms with Gasteiger partial charge in [-0.15, -0.1) is 11.8 Å². The van der Waals surface area contributed by atoms with Gasteiger partial charge in [-0.05, 0) is 48.4 Å². The van der Waals surface area contributed by atoms with Gasteiger partial charge in [-0.2, -0.15) is 0 Å². The molecule has 2 aromatic rings. The summed E-state index contributed by atoms with van der Waals surface area (Å²) in [5.74, 6) is -0.620. The molecule has 0 fully saturated rings. The number of sulfone groups is 1. The molecule has 6 nitrogen and oxygen atoms in total. The molecule has 1 atom stereocenters. The first-order valence-corrected chi connectivity index (χ1v) is 13.5. The lowest BCUT2D eigenvalue weighted by molar-refractivity contribution is -0.131. The molecule has 178 valence electrons. The first kappa shape index (κ1) is 25.1. The van der Waals surface area contributed by atoms with E-state index in [-0.39, 0.29) is 28.1 Å². The Balaban J connectivity index is 2.17. The van der Waals surface area contributed by atoms with Gasteiger partial charge in [0.1, 0.15) is 11.6 Å². The van der Waals surface area contributed by atoms with Crippen molar-refractivity contribution in [1.82, 2.24) is 0 Å². The van der Waals surface area contributed by atoms with E-state index < -0.39 is 15.8 Å². The van der Waals surface area contributed by atoms with E-state index in [0.29, 0.717) is 28.6 Å². The summed E-state index contributed by atoms with van der Waals surface area (Å²) >= 11 is 1.47. The van der Waals surface area contributed by atoms with Crippen LogP contribution < -0.4 is 9.64 Å². The summed E-state index contributed by atoms with van der Waals surface area (Å²) in [7, 11) is -3.65. The minimum absolute atomic E-state index is 0.00235. The molecule has 1 N–H and O–H groups in total. The quantitative estimate of drug-likeness (QED) is 0.275. The van der Waals surface area contributed by atoms with Crippen molar-refractivity contribution < 1.29 is 27.4 Å².